The van der Waals surface area contributed by atoms with Crippen molar-refractivity contribution in [1.29, 1.82) is 0 Å². The molecule has 0 aliphatic rings. The normalized spacial score (nSPS) is 10.8. The Morgan fingerprint density at radius 3 is 2.24 bits per heavy atom. The topological polar surface area (TPSA) is 54.0 Å². The van der Waals surface area contributed by atoms with Crippen LogP contribution in [-0.2, 0) is 4.79 Å². The number of carbonyl (C=O) groups excluding carboxylic acids is 1. The Morgan fingerprint density at radius 2 is 1.60 bits per heavy atom. The lowest BCUT2D eigenvalue weighted by Crippen LogP contribution is -2.06. The van der Waals surface area contributed by atoms with E-state index in [1.165, 1.54) is 32.4 Å². The highest BCUT2D eigenvalue weighted by Gasteiger charge is 2.14. The lowest BCUT2D eigenvalue weighted by molar-refractivity contribution is -0.129. The van der Waals surface area contributed by atoms with Gasteiger partial charge in [0.05, 0.1) is 14.2 Å². The molecule has 25 heavy (non-hydrogen) atoms. The summed E-state index contributed by atoms with van der Waals surface area (Å²) in [5.74, 6) is -0.0982. The first-order chi connectivity index (χ1) is 12.0. The fourth-order valence-electron chi connectivity index (χ4n) is 2.04. The Kier molecular flexibility index (Phi) is 6.33. The lowest BCUT2D eigenvalue weighted by Gasteiger charge is -2.12. The van der Waals surface area contributed by atoms with Crippen LogP contribution in [0, 0.1) is 0 Å². The molecule has 5 nitrogen and oxygen atoms in total. The van der Waals surface area contributed by atoms with E-state index in [9.17, 15) is 13.6 Å². The average Bonchev–Trinajstić information content (AvgIpc) is 2.60. The van der Waals surface area contributed by atoms with Gasteiger partial charge in [0, 0.05) is 11.6 Å². The predicted molar refractivity (Wildman–Crippen MR) is 87.3 cm³/mol. The van der Waals surface area contributed by atoms with Crippen molar-refractivity contribution in [1.82, 2.24) is 0 Å². The molecular formula is C18H16F2O5. The zero-order valence-electron chi connectivity index (χ0n) is 13.6. The van der Waals surface area contributed by atoms with Crippen LogP contribution in [0.1, 0.15) is 5.56 Å². The van der Waals surface area contributed by atoms with E-state index < -0.39 is 12.6 Å². The minimum absolute atomic E-state index is 0.126. The lowest BCUT2D eigenvalue weighted by atomic mass is 10.1. The third-order valence-corrected chi connectivity index (χ3v) is 3.11. The number of para-hydroxylation sites is 3. The molecule has 2 aromatic carbocycles. The molecule has 0 radical (unpaired) electrons. The summed E-state index contributed by atoms with van der Waals surface area (Å²) in [7, 11) is 2.78. The van der Waals surface area contributed by atoms with Gasteiger partial charge in [0.15, 0.2) is 23.0 Å². The highest BCUT2D eigenvalue weighted by Crippen LogP contribution is 2.33. The first kappa shape index (κ1) is 18.3. The van der Waals surface area contributed by atoms with Gasteiger partial charge in [-0.3, -0.25) is 0 Å². The Hall–Kier alpha value is -3.09. The summed E-state index contributed by atoms with van der Waals surface area (Å²) >= 11 is 0. The molecule has 0 saturated heterocycles. The summed E-state index contributed by atoms with van der Waals surface area (Å²) in [6.45, 7) is -3.02. The monoisotopic (exact) mass is 350 g/mol. The smallest absolute Gasteiger partial charge is 0.387 e. The van der Waals surface area contributed by atoms with Crippen molar-refractivity contribution < 1.29 is 32.5 Å². The SMILES string of the molecule is COc1ccccc1OC(=O)/C=C/c1cccc(OC)c1OC(F)F. The summed E-state index contributed by atoms with van der Waals surface area (Å²) in [4.78, 5) is 12.0. The molecule has 0 amide bonds. The van der Waals surface area contributed by atoms with E-state index in [-0.39, 0.29) is 22.8 Å². The minimum Gasteiger partial charge on any atom is -0.493 e. The Labute approximate surface area is 143 Å². The number of esters is 1. The van der Waals surface area contributed by atoms with E-state index in [1.807, 2.05) is 0 Å². The van der Waals surface area contributed by atoms with Gasteiger partial charge in [-0.05, 0) is 24.3 Å². The van der Waals surface area contributed by atoms with Crippen LogP contribution in [0.4, 0.5) is 8.78 Å². The molecule has 132 valence electrons. The summed E-state index contributed by atoms with van der Waals surface area (Å²) in [5.41, 5.74) is 0.247. The maximum Gasteiger partial charge on any atom is 0.387 e. The van der Waals surface area contributed by atoms with Gasteiger partial charge in [-0.25, -0.2) is 4.79 Å². The van der Waals surface area contributed by atoms with Crippen molar-refractivity contribution in [3.05, 3.63) is 54.1 Å². The van der Waals surface area contributed by atoms with E-state index in [0.717, 1.165) is 6.08 Å². The maximum absolute atomic E-state index is 12.6. The van der Waals surface area contributed by atoms with Crippen LogP contribution in [0.25, 0.3) is 6.08 Å². The summed E-state index contributed by atoms with van der Waals surface area (Å²) < 4.78 is 44.9. The number of methoxy groups -OCH3 is 2. The number of hydrogen-bond donors (Lipinski definition) is 0. The van der Waals surface area contributed by atoms with Crippen molar-refractivity contribution in [3.8, 4) is 23.0 Å². The third kappa shape index (κ3) is 4.94. The van der Waals surface area contributed by atoms with Crippen LogP contribution in [0.15, 0.2) is 48.5 Å². The van der Waals surface area contributed by atoms with Crippen LogP contribution >= 0.6 is 0 Å². The molecule has 0 saturated carbocycles. The quantitative estimate of drug-likeness (QED) is 0.430. The minimum atomic E-state index is -3.02. The van der Waals surface area contributed by atoms with E-state index in [0.29, 0.717) is 5.75 Å². The third-order valence-electron chi connectivity index (χ3n) is 3.11. The Balaban J connectivity index is 2.19. The van der Waals surface area contributed by atoms with Crippen molar-refractivity contribution in [2.45, 2.75) is 6.61 Å². The maximum atomic E-state index is 12.6. The fourth-order valence-corrected chi connectivity index (χ4v) is 2.04. The molecule has 2 rings (SSSR count). The number of hydrogen-bond acceptors (Lipinski definition) is 5. The molecule has 0 atom stereocenters. The Morgan fingerprint density at radius 1 is 0.960 bits per heavy atom. The van der Waals surface area contributed by atoms with Gasteiger partial charge in [0.25, 0.3) is 0 Å². The summed E-state index contributed by atoms with van der Waals surface area (Å²) in [6, 6.07) is 11.2. The molecule has 0 spiro atoms. The standard InChI is InChI=1S/C18H16F2O5/c1-22-13-7-3-4-8-14(13)24-16(21)11-10-12-6-5-9-15(23-2)17(12)25-18(19)20/h3-11,18H,1-2H3/b11-10+. The van der Waals surface area contributed by atoms with Gasteiger partial charge in [-0.15, -0.1) is 0 Å². The fraction of sp³-hybridized carbons (Fsp3) is 0.167. The number of rotatable bonds is 7. The van der Waals surface area contributed by atoms with Gasteiger partial charge < -0.3 is 18.9 Å². The van der Waals surface area contributed by atoms with Crippen LogP contribution in [0.2, 0.25) is 0 Å². The van der Waals surface area contributed by atoms with Crippen LogP contribution in [0.3, 0.4) is 0 Å². The van der Waals surface area contributed by atoms with E-state index in [2.05, 4.69) is 4.74 Å². The molecule has 0 aliphatic carbocycles. The molecule has 2 aromatic rings. The van der Waals surface area contributed by atoms with Gasteiger partial charge >= 0.3 is 12.6 Å². The van der Waals surface area contributed by atoms with Crippen molar-refractivity contribution in [3.63, 3.8) is 0 Å². The van der Waals surface area contributed by atoms with Gasteiger partial charge in [0.1, 0.15) is 0 Å². The van der Waals surface area contributed by atoms with Crippen LogP contribution in [-0.4, -0.2) is 26.8 Å². The van der Waals surface area contributed by atoms with Gasteiger partial charge in [-0.1, -0.05) is 24.3 Å². The first-order valence-corrected chi connectivity index (χ1v) is 7.20. The molecule has 0 bridgehead atoms. The van der Waals surface area contributed by atoms with Gasteiger partial charge in [0.2, 0.25) is 0 Å². The van der Waals surface area contributed by atoms with Crippen molar-refractivity contribution >= 4 is 12.0 Å². The van der Waals surface area contributed by atoms with E-state index in [4.69, 9.17) is 14.2 Å². The molecule has 0 heterocycles. The number of halogens is 2. The largest absolute Gasteiger partial charge is 0.493 e. The Bertz CT molecular complexity index is 759. The second-order valence-corrected chi connectivity index (χ2v) is 4.66. The molecule has 0 N–H and O–H groups in total. The molecule has 0 aliphatic heterocycles. The highest BCUT2D eigenvalue weighted by atomic mass is 19.3. The van der Waals surface area contributed by atoms with E-state index >= 15 is 0 Å². The van der Waals surface area contributed by atoms with Crippen molar-refractivity contribution in [2.24, 2.45) is 0 Å². The number of benzene rings is 2. The number of carbonyl (C=O) groups is 1. The second-order valence-electron chi connectivity index (χ2n) is 4.66. The number of alkyl halides is 2. The first-order valence-electron chi connectivity index (χ1n) is 7.20. The summed E-state index contributed by atoms with van der Waals surface area (Å²) in [6.07, 6.45) is 2.40. The van der Waals surface area contributed by atoms with Crippen LogP contribution < -0.4 is 18.9 Å². The molecule has 7 heteroatoms. The van der Waals surface area contributed by atoms with Crippen molar-refractivity contribution in [2.75, 3.05) is 14.2 Å². The molecule has 0 aromatic heterocycles. The molecule has 0 fully saturated rings. The zero-order valence-corrected chi connectivity index (χ0v) is 13.6. The predicted octanol–water partition coefficient (Wildman–Crippen LogP) is 3.92. The molecular weight excluding hydrogens is 334 g/mol. The van der Waals surface area contributed by atoms with Crippen LogP contribution in [0.5, 0.6) is 23.0 Å². The molecule has 0 unspecified atom stereocenters. The highest BCUT2D eigenvalue weighted by molar-refractivity contribution is 5.89. The number of ether oxygens (including phenoxy) is 4. The zero-order chi connectivity index (χ0) is 18.2. The average molecular weight is 350 g/mol. The second kappa shape index (κ2) is 8.68. The summed E-state index contributed by atoms with van der Waals surface area (Å²) in [5, 5.41) is 0. The van der Waals surface area contributed by atoms with E-state index in [1.54, 1.807) is 30.3 Å². The van der Waals surface area contributed by atoms with Gasteiger partial charge in [-0.2, -0.15) is 8.78 Å².